The summed E-state index contributed by atoms with van der Waals surface area (Å²) in [7, 11) is 1.60. The van der Waals surface area contributed by atoms with Crippen LogP contribution in [-0.2, 0) is 9.59 Å². The minimum absolute atomic E-state index is 0.00720. The number of carboxylic acid groups (broad SMARTS) is 1. The van der Waals surface area contributed by atoms with E-state index in [1.54, 1.807) is 13.2 Å². The molecular weight excluding hydrogens is 370 g/mol. The molecule has 1 heterocycles. The molecule has 1 fully saturated rings. The van der Waals surface area contributed by atoms with E-state index in [2.05, 4.69) is 0 Å². The second kappa shape index (κ2) is 7.88. The first-order chi connectivity index (χ1) is 12.5. The van der Waals surface area contributed by atoms with Crippen molar-refractivity contribution in [3.05, 3.63) is 46.9 Å². The zero-order chi connectivity index (χ0) is 18.7. The fraction of sp³-hybridized carbons (Fsp3) is 0.211. The lowest BCUT2D eigenvalue weighted by atomic mass is 10.0. The predicted octanol–water partition coefficient (Wildman–Crippen LogP) is 3.91. The fourth-order valence-electron chi connectivity index (χ4n) is 2.81. The molecule has 5 nitrogen and oxygen atoms in total. The number of carbonyl (C=O) groups is 2. The molecule has 7 heteroatoms. The van der Waals surface area contributed by atoms with Gasteiger partial charge in [0.05, 0.1) is 12.0 Å². The molecule has 0 bridgehead atoms. The molecule has 0 unspecified atom stereocenters. The number of carbonyl (C=O) groups excluding carboxylic acids is 1. The molecule has 0 spiro atoms. The summed E-state index contributed by atoms with van der Waals surface area (Å²) in [4.78, 5) is 25.3. The Morgan fingerprint density at radius 1 is 1.31 bits per heavy atom. The Balaban J connectivity index is 1.93. The Morgan fingerprint density at radius 2 is 2.08 bits per heavy atom. The molecule has 0 saturated carbocycles. The van der Waals surface area contributed by atoms with Gasteiger partial charge in [0, 0.05) is 18.5 Å². The number of carboxylic acids is 1. The highest BCUT2D eigenvalue weighted by atomic mass is 32.2. The number of nitrogens with zero attached hydrogens (tertiary/aromatic N) is 1. The lowest BCUT2D eigenvalue weighted by molar-refractivity contribution is -0.137. The second-order valence-electron chi connectivity index (χ2n) is 5.73. The maximum atomic E-state index is 12.7. The van der Waals surface area contributed by atoms with Crippen molar-refractivity contribution in [2.24, 2.45) is 0 Å². The third-order valence-electron chi connectivity index (χ3n) is 4.07. The lowest BCUT2D eigenvalue weighted by Crippen LogP contribution is -2.29. The summed E-state index contributed by atoms with van der Waals surface area (Å²) in [5, 5.41) is 10.8. The number of ether oxygens (including phenoxy) is 1. The van der Waals surface area contributed by atoms with Crippen molar-refractivity contribution >= 4 is 57.0 Å². The fourth-order valence-corrected chi connectivity index (χ4v) is 4.11. The molecule has 1 aliphatic rings. The van der Waals surface area contributed by atoms with Gasteiger partial charge in [-0.2, -0.15) is 0 Å². The topological polar surface area (TPSA) is 66.8 Å². The Hall–Kier alpha value is -2.38. The molecule has 0 aromatic heterocycles. The lowest BCUT2D eigenvalue weighted by Gasteiger charge is -2.13. The van der Waals surface area contributed by atoms with Gasteiger partial charge in [-0.25, -0.2) is 0 Å². The average molecular weight is 387 g/mol. The standard InChI is InChI=1S/C19H17NO4S2/c1-24-15-9-8-12-5-2-3-6-13(12)14(15)11-16-18(23)20(19(25)26-16)10-4-7-17(21)22/h2-3,5-6,8-9,11H,4,7,10H2,1H3,(H,21,22)/b16-11+. The molecule has 1 saturated heterocycles. The molecule has 26 heavy (non-hydrogen) atoms. The van der Waals surface area contributed by atoms with E-state index in [1.165, 1.54) is 16.7 Å². The minimum Gasteiger partial charge on any atom is -0.496 e. The van der Waals surface area contributed by atoms with Crippen LogP contribution >= 0.6 is 24.0 Å². The molecule has 1 N–H and O–H groups in total. The highest BCUT2D eigenvalue weighted by molar-refractivity contribution is 8.26. The quantitative estimate of drug-likeness (QED) is 0.599. The van der Waals surface area contributed by atoms with Gasteiger partial charge >= 0.3 is 5.97 Å². The highest BCUT2D eigenvalue weighted by Crippen LogP contribution is 2.36. The number of rotatable bonds is 6. The maximum Gasteiger partial charge on any atom is 0.303 e. The van der Waals surface area contributed by atoms with E-state index < -0.39 is 5.97 Å². The Morgan fingerprint density at radius 3 is 2.81 bits per heavy atom. The molecule has 3 rings (SSSR count). The molecule has 0 radical (unpaired) electrons. The van der Waals surface area contributed by atoms with Crippen molar-refractivity contribution in [2.45, 2.75) is 12.8 Å². The number of thiocarbonyl (C=S) groups is 1. The normalized spacial score (nSPS) is 15.9. The number of thioether (sulfide) groups is 1. The van der Waals surface area contributed by atoms with E-state index in [9.17, 15) is 9.59 Å². The van der Waals surface area contributed by atoms with E-state index in [0.717, 1.165) is 16.3 Å². The number of hydrogen-bond acceptors (Lipinski definition) is 5. The number of hydrogen-bond donors (Lipinski definition) is 1. The Bertz CT molecular complexity index is 923. The van der Waals surface area contributed by atoms with Gasteiger partial charge in [0.15, 0.2) is 0 Å². The van der Waals surface area contributed by atoms with Crippen LogP contribution in [0.3, 0.4) is 0 Å². The number of benzene rings is 2. The van der Waals surface area contributed by atoms with Gasteiger partial charge in [-0.3, -0.25) is 14.5 Å². The van der Waals surface area contributed by atoms with Crippen LogP contribution in [-0.4, -0.2) is 39.9 Å². The smallest absolute Gasteiger partial charge is 0.303 e. The largest absolute Gasteiger partial charge is 0.496 e. The van der Waals surface area contributed by atoms with Crippen LogP contribution in [0.1, 0.15) is 18.4 Å². The van der Waals surface area contributed by atoms with Crippen LogP contribution in [0.4, 0.5) is 0 Å². The van der Waals surface area contributed by atoms with Crippen molar-refractivity contribution in [1.29, 1.82) is 0 Å². The van der Waals surface area contributed by atoms with Crippen molar-refractivity contribution in [3.63, 3.8) is 0 Å². The van der Waals surface area contributed by atoms with Crippen LogP contribution in [0.15, 0.2) is 41.3 Å². The number of amides is 1. The summed E-state index contributed by atoms with van der Waals surface area (Å²) in [5.74, 6) is -0.397. The van der Waals surface area contributed by atoms with Crippen LogP contribution in [0.5, 0.6) is 5.75 Å². The minimum atomic E-state index is -0.883. The van der Waals surface area contributed by atoms with Gasteiger partial charge in [0.2, 0.25) is 0 Å². The predicted molar refractivity (Wildman–Crippen MR) is 107 cm³/mol. The van der Waals surface area contributed by atoms with Crippen molar-refractivity contribution < 1.29 is 19.4 Å². The average Bonchev–Trinajstić information content (AvgIpc) is 2.89. The van der Waals surface area contributed by atoms with E-state index in [0.29, 0.717) is 27.9 Å². The van der Waals surface area contributed by atoms with Crippen LogP contribution in [0.2, 0.25) is 0 Å². The van der Waals surface area contributed by atoms with Crippen molar-refractivity contribution in [2.75, 3.05) is 13.7 Å². The molecule has 2 aromatic rings. The first kappa shape index (κ1) is 18.4. The summed E-state index contributed by atoms with van der Waals surface area (Å²) < 4.78 is 5.92. The maximum absolute atomic E-state index is 12.7. The van der Waals surface area contributed by atoms with E-state index in [4.69, 9.17) is 22.1 Å². The number of methoxy groups -OCH3 is 1. The van der Waals surface area contributed by atoms with Crippen LogP contribution in [0, 0.1) is 0 Å². The second-order valence-corrected chi connectivity index (χ2v) is 7.41. The molecule has 0 aliphatic carbocycles. The van der Waals surface area contributed by atoms with Gasteiger partial charge in [0.25, 0.3) is 5.91 Å². The summed E-state index contributed by atoms with van der Waals surface area (Å²) in [6.07, 6.45) is 2.18. The Labute approximate surface area is 160 Å². The molecular formula is C19H17NO4S2. The first-order valence-corrected chi connectivity index (χ1v) is 9.26. The van der Waals surface area contributed by atoms with E-state index in [-0.39, 0.29) is 12.3 Å². The zero-order valence-corrected chi connectivity index (χ0v) is 15.7. The van der Waals surface area contributed by atoms with Crippen LogP contribution < -0.4 is 4.74 Å². The molecule has 0 atom stereocenters. The van der Waals surface area contributed by atoms with Crippen molar-refractivity contribution in [1.82, 2.24) is 4.90 Å². The monoisotopic (exact) mass is 387 g/mol. The SMILES string of the molecule is COc1ccc2ccccc2c1/C=C1/SC(=S)N(CCCC(=O)O)C1=O. The van der Waals surface area contributed by atoms with Gasteiger partial charge in [0.1, 0.15) is 10.1 Å². The number of aliphatic carboxylic acids is 1. The molecule has 1 amide bonds. The van der Waals surface area contributed by atoms with Gasteiger partial charge < -0.3 is 9.84 Å². The number of fused-ring (bicyclic) bond motifs is 1. The summed E-state index contributed by atoms with van der Waals surface area (Å²) >= 11 is 6.52. The van der Waals surface area contributed by atoms with Crippen molar-refractivity contribution in [3.8, 4) is 5.75 Å². The van der Waals surface area contributed by atoms with Crippen LogP contribution in [0.25, 0.3) is 16.8 Å². The Kier molecular flexibility index (Phi) is 5.58. The molecule has 134 valence electrons. The third-order valence-corrected chi connectivity index (χ3v) is 5.45. The molecule has 1 aliphatic heterocycles. The van der Waals surface area contributed by atoms with E-state index >= 15 is 0 Å². The first-order valence-electron chi connectivity index (χ1n) is 8.04. The van der Waals surface area contributed by atoms with Gasteiger partial charge in [-0.05, 0) is 29.3 Å². The summed E-state index contributed by atoms with van der Waals surface area (Å²) in [5.41, 5.74) is 0.830. The van der Waals surface area contributed by atoms with Gasteiger partial charge in [-0.15, -0.1) is 0 Å². The highest BCUT2D eigenvalue weighted by Gasteiger charge is 2.32. The summed E-state index contributed by atoms with van der Waals surface area (Å²) in [6, 6.07) is 11.7. The zero-order valence-electron chi connectivity index (χ0n) is 14.1. The third kappa shape index (κ3) is 3.73. The summed E-state index contributed by atoms with van der Waals surface area (Å²) in [6.45, 7) is 0.307. The van der Waals surface area contributed by atoms with Gasteiger partial charge in [-0.1, -0.05) is 54.3 Å². The van der Waals surface area contributed by atoms with E-state index in [1.807, 2.05) is 36.4 Å². The molecule has 2 aromatic carbocycles.